The van der Waals surface area contributed by atoms with Crippen LogP contribution in [0.15, 0.2) is 140 Å². The number of para-hydroxylation sites is 4. The molecule has 0 atom stereocenters. The lowest BCUT2D eigenvalue weighted by Gasteiger charge is -2.14. The second kappa shape index (κ2) is 9.38. The summed E-state index contributed by atoms with van der Waals surface area (Å²) in [5.41, 5.74) is 1.91. The van der Waals surface area contributed by atoms with Crippen LogP contribution < -0.4 is 32.3 Å². The molecule has 4 heterocycles. The van der Waals surface area contributed by atoms with Gasteiger partial charge in [-0.3, -0.25) is 19.2 Å². The molecule has 224 valence electrons. The van der Waals surface area contributed by atoms with Crippen molar-refractivity contribution in [3.63, 3.8) is 0 Å². The van der Waals surface area contributed by atoms with Crippen LogP contribution in [-0.4, -0.2) is 8.80 Å². The predicted molar refractivity (Wildman–Crippen MR) is 194 cm³/mol. The van der Waals surface area contributed by atoms with E-state index in [1.54, 1.807) is 60.7 Å². The maximum Gasteiger partial charge on any atom is 0.415 e. The molecule has 6 aromatic carbocycles. The molecule has 0 spiro atoms. The van der Waals surface area contributed by atoms with Crippen molar-refractivity contribution >= 4 is 94.6 Å². The monoisotopic (exact) mass is 641 g/mol. The molecule has 48 heavy (non-hydrogen) atoms. The molecule has 0 fully saturated rings. The van der Waals surface area contributed by atoms with Gasteiger partial charge in [-0.25, -0.2) is 0 Å². The molecule has 0 bridgehead atoms. The van der Waals surface area contributed by atoms with Gasteiger partial charge in [0.05, 0.1) is 46.6 Å². The minimum absolute atomic E-state index is 0.0381. The highest BCUT2D eigenvalue weighted by molar-refractivity contribution is 7.61. The number of nitrogens with zero attached hydrogens (tertiary/aromatic N) is 2. The minimum atomic E-state index is -2.30. The Morgan fingerprint density at radius 1 is 0.417 bits per heavy atom. The Hall–Kier alpha value is -6.30. The Kier molecular flexibility index (Phi) is 4.86. The molecule has 0 saturated carbocycles. The first-order chi connectivity index (χ1) is 24.2. The van der Waals surface area contributed by atoms with Gasteiger partial charge in [-0.15, -0.1) is 0 Å². The molecule has 0 aliphatic rings. The first-order valence-electron chi connectivity index (χ1n) is 16.2. The number of benzene rings is 6. The zero-order valence-electron chi connectivity index (χ0n) is 26.8. The van der Waals surface area contributed by atoms with Crippen molar-refractivity contribution in [2.45, 2.75) is 0 Å². The lowest BCUT2D eigenvalue weighted by molar-refractivity contribution is 0.598. The highest BCUT2D eigenvalue weighted by Gasteiger charge is 2.27. The van der Waals surface area contributed by atoms with Crippen LogP contribution in [0.3, 0.4) is 0 Å². The Labute approximate surface area is 272 Å². The van der Waals surface area contributed by atoms with E-state index in [0.717, 1.165) is 0 Å². The summed E-state index contributed by atoms with van der Waals surface area (Å²) in [5.74, 6) is 0. The van der Waals surface area contributed by atoms with Crippen LogP contribution in [0, 0.1) is 0 Å². The molecule has 8 heteroatoms. The third-order valence-corrected chi connectivity index (χ3v) is 11.0. The Balaban J connectivity index is 1.24. The van der Waals surface area contributed by atoms with Crippen LogP contribution in [0.25, 0.3) is 76.2 Å². The maximum atomic E-state index is 14.3. The second-order valence-corrected chi connectivity index (χ2v) is 13.6. The molecule has 0 aliphatic heterocycles. The van der Waals surface area contributed by atoms with Crippen LogP contribution in [0.5, 0.6) is 0 Å². The lowest BCUT2D eigenvalue weighted by atomic mass is 10.0. The number of rotatable bonds is 2. The maximum absolute atomic E-state index is 14.3. The average molecular weight is 642 g/mol. The van der Waals surface area contributed by atoms with E-state index in [2.05, 4.69) is 0 Å². The summed E-state index contributed by atoms with van der Waals surface area (Å²) in [6, 6.07) is 30.2. The first-order valence-corrected chi connectivity index (χ1v) is 16.5. The van der Waals surface area contributed by atoms with Gasteiger partial charge in [0, 0.05) is 44.5 Å². The number of hydrogen-bond acceptors (Lipinski definition) is 5. The molecule has 10 aromatic rings. The minimum Gasteiger partial charge on any atom is -0.307 e. The Bertz CT molecular complexity index is 3240. The van der Waals surface area contributed by atoms with E-state index in [0.29, 0.717) is 54.5 Å². The molecular weight excluding hydrogens is 619 g/mol. The van der Waals surface area contributed by atoms with E-state index in [9.17, 15) is 23.7 Å². The van der Waals surface area contributed by atoms with Crippen LogP contribution in [0.1, 0.15) is 2.74 Å². The summed E-state index contributed by atoms with van der Waals surface area (Å²) in [4.78, 5) is 55.0. The van der Waals surface area contributed by atoms with Gasteiger partial charge >= 0.3 is 7.80 Å². The van der Waals surface area contributed by atoms with Crippen molar-refractivity contribution in [2.75, 3.05) is 0 Å². The van der Waals surface area contributed by atoms with Gasteiger partial charge in [0.15, 0.2) is 32.3 Å². The molecule has 0 N–H and O–H groups in total. The zero-order chi connectivity index (χ0) is 34.2. The predicted octanol–water partition coefficient (Wildman–Crippen LogP) is 6.21. The summed E-state index contributed by atoms with van der Waals surface area (Å²) < 4.78 is 34.7. The van der Waals surface area contributed by atoms with Crippen molar-refractivity contribution in [2.24, 2.45) is 0 Å². The molecule has 0 amide bonds. The van der Waals surface area contributed by atoms with Crippen LogP contribution in [0.4, 0.5) is 0 Å². The average Bonchev–Trinajstić information content (AvgIpc) is 3.13. The Morgan fingerprint density at radius 2 is 0.771 bits per heavy atom. The van der Waals surface area contributed by atoms with Crippen LogP contribution >= 0.6 is 7.80 Å². The summed E-state index contributed by atoms with van der Waals surface area (Å²) in [6.07, 6.45) is 0. The largest absolute Gasteiger partial charge is 0.415 e. The van der Waals surface area contributed by atoms with Gasteiger partial charge in [0.1, 0.15) is 0 Å². The second-order valence-electron chi connectivity index (χ2n) is 12.0. The van der Waals surface area contributed by atoms with E-state index < -0.39 is 7.80 Å². The zero-order valence-corrected chi connectivity index (χ0v) is 25.7. The van der Waals surface area contributed by atoms with E-state index in [1.165, 1.54) is 24.3 Å². The van der Waals surface area contributed by atoms with Gasteiger partial charge in [-0.1, -0.05) is 40.9 Å². The molecule has 7 nitrogen and oxygen atoms in total. The van der Waals surface area contributed by atoms with E-state index in [1.807, 2.05) is 33.1 Å². The summed E-state index contributed by atoms with van der Waals surface area (Å²) in [6.45, 7) is 0. The van der Waals surface area contributed by atoms with Crippen molar-refractivity contribution in [1.29, 1.82) is 0 Å². The van der Waals surface area contributed by atoms with E-state index in [4.69, 9.17) is 2.74 Å². The summed E-state index contributed by atoms with van der Waals surface area (Å²) in [5, 5.41) is 3.23. The standard InChI is InChI=1S/C40H20N2O5P/c43-37-23-7-1-3-13-31(23)41-33-17-15-21(19-29(33)39(45)27-11-5-9-25(37)35(27)41)48(47)22-16-18-34-30(20-22)40(46)28-12-6-10-26-36(28)42(34)32-14-4-2-8-24(32)38(26)44/h1-20H/q+1/i5D,6D. The SMILES string of the molecule is [2H]c1cc2c(=O)c3ccccc3n3c4ccc([P+](=O)c5ccc6c(c5)c(=O)c5cc([2H])cc7c(=O)c8ccccc8n6c75)cc4c(=O)c(c1)c23. The Morgan fingerprint density at radius 3 is 1.19 bits per heavy atom. The van der Waals surface area contributed by atoms with Crippen molar-refractivity contribution in [1.82, 2.24) is 8.80 Å². The van der Waals surface area contributed by atoms with Crippen molar-refractivity contribution in [3.05, 3.63) is 162 Å². The first kappa shape index (κ1) is 24.9. The fraction of sp³-hybridized carbons (Fsp3) is 0. The highest BCUT2D eigenvalue weighted by atomic mass is 31.1. The highest BCUT2D eigenvalue weighted by Crippen LogP contribution is 2.30. The third-order valence-electron chi connectivity index (χ3n) is 9.54. The molecular formula is C40H20N2O5P+. The molecule has 10 rings (SSSR count). The third kappa shape index (κ3) is 3.33. The number of pyridine rings is 4. The topological polar surface area (TPSA) is 94.2 Å². The molecule has 0 unspecified atom stereocenters. The van der Waals surface area contributed by atoms with Gasteiger partial charge in [-0.2, -0.15) is 0 Å². The fourth-order valence-electron chi connectivity index (χ4n) is 7.40. The van der Waals surface area contributed by atoms with Gasteiger partial charge in [0.2, 0.25) is 0 Å². The quantitative estimate of drug-likeness (QED) is 0.127. The van der Waals surface area contributed by atoms with E-state index >= 15 is 0 Å². The summed E-state index contributed by atoms with van der Waals surface area (Å²) >= 11 is 0. The van der Waals surface area contributed by atoms with Crippen molar-refractivity contribution < 1.29 is 7.31 Å². The molecule has 0 aliphatic carbocycles. The molecule has 0 saturated heterocycles. The number of hydrogen-bond donors (Lipinski definition) is 0. The van der Waals surface area contributed by atoms with Crippen molar-refractivity contribution in [3.8, 4) is 0 Å². The lowest BCUT2D eigenvalue weighted by Crippen LogP contribution is -2.17. The van der Waals surface area contributed by atoms with Gasteiger partial charge in [-0.05, 0) is 72.8 Å². The summed E-state index contributed by atoms with van der Waals surface area (Å²) in [7, 11) is -2.30. The molecule has 0 radical (unpaired) electrons. The van der Waals surface area contributed by atoms with Crippen LogP contribution in [-0.2, 0) is 4.57 Å². The fourth-order valence-corrected chi connectivity index (χ4v) is 8.61. The number of aromatic nitrogens is 2. The van der Waals surface area contributed by atoms with Gasteiger partial charge < -0.3 is 8.80 Å². The van der Waals surface area contributed by atoms with E-state index in [-0.39, 0.29) is 66.1 Å². The molecule has 4 aromatic heterocycles. The normalized spacial score (nSPS) is 12.8. The smallest absolute Gasteiger partial charge is 0.307 e. The van der Waals surface area contributed by atoms with Crippen LogP contribution in [0.2, 0.25) is 0 Å². The number of fused-ring (bicyclic) bond motifs is 8. The van der Waals surface area contributed by atoms with Gasteiger partial charge in [0.25, 0.3) is 0 Å².